The summed E-state index contributed by atoms with van der Waals surface area (Å²) in [6, 6.07) is 1.89. The molecule has 1 rings (SSSR count). The number of carbonyl (C=O) groups excluding carboxylic acids is 1. The fourth-order valence-corrected chi connectivity index (χ4v) is 3.31. The Morgan fingerprint density at radius 2 is 1.97 bits per heavy atom. The summed E-state index contributed by atoms with van der Waals surface area (Å²) < 4.78 is 0. The van der Waals surface area contributed by atoms with Crippen LogP contribution in [0.4, 0.5) is 5.82 Å². The molecule has 0 bridgehead atoms. The zero-order valence-electron chi connectivity index (χ0n) is 20.3. The second kappa shape index (κ2) is 13.7. The van der Waals surface area contributed by atoms with Gasteiger partial charge in [0.15, 0.2) is 0 Å². The number of nitrogens with one attached hydrogen (secondary N) is 2. The summed E-state index contributed by atoms with van der Waals surface area (Å²) in [6.45, 7) is 17.0. The van der Waals surface area contributed by atoms with Crippen molar-refractivity contribution in [3.63, 3.8) is 0 Å². The maximum Gasteiger partial charge on any atom is 0.225 e. The van der Waals surface area contributed by atoms with Crippen LogP contribution in [0.5, 0.6) is 0 Å². The van der Waals surface area contributed by atoms with Crippen LogP contribution in [0.1, 0.15) is 73.6 Å². The fraction of sp³-hybridized carbons (Fsp3) is 0.519. The first kappa shape index (κ1) is 26.5. The van der Waals surface area contributed by atoms with Gasteiger partial charge in [-0.1, -0.05) is 72.6 Å². The first-order chi connectivity index (χ1) is 14.7. The number of pyridine rings is 1. The van der Waals surface area contributed by atoms with Gasteiger partial charge in [0.25, 0.3) is 0 Å². The van der Waals surface area contributed by atoms with Crippen LogP contribution >= 0.6 is 0 Å². The van der Waals surface area contributed by atoms with Crippen LogP contribution < -0.4 is 15.8 Å². The highest BCUT2D eigenvalue weighted by Crippen LogP contribution is 2.18. The molecule has 1 aromatic heterocycles. The molecule has 170 valence electrons. The number of rotatable bonds is 12. The molecule has 4 nitrogen and oxygen atoms in total. The molecule has 2 atom stereocenters. The molecule has 0 saturated carbocycles. The zero-order chi connectivity index (χ0) is 23.4. The number of allylic oxidation sites excluding steroid dienone is 3. The van der Waals surface area contributed by atoms with Gasteiger partial charge < -0.3 is 10.7 Å². The van der Waals surface area contributed by atoms with Crippen LogP contribution in [0.15, 0.2) is 36.1 Å². The summed E-state index contributed by atoms with van der Waals surface area (Å²) in [5, 5.41) is 12.7. The summed E-state index contributed by atoms with van der Waals surface area (Å²) in [6.07, 6.45) is 14.1. The molecule has 0 saturated heterocycles. The molecule has 0 spiro atoms. The molecular formula is C27H41N3O. The third-order valence-corrected chi connectivity index (χ3v) is 5.91. The fourth-order valence-electron chi connectivity index (χ4n) is 3.31. The van der Waals surface area contributed by atoms with Crippen molar-refractivity contribution in [3.05, 3.63) is 46.5 Å². The van der Waals surface area contributed by atoms with Crippen molar-refractivity contribution < 1.29 is 4.79 Å². The lowest BCUT2D eigenvalue weighted by Gasteiger charge is -2.14. The lowest BCUT2D eigenvalue weighted by atomic mass is 9.93. The van der Waals surface area contributed by atoms with Crippen molar-refractivity contribution in [2.75, 3.05) is 5.32 Å². The Morgan fingerprint density at radius 1 is 1.26 bits per heavy atom. The zero-order valence-corrected chi connectivity index (χ0v) is 20.3. The van der Waals surface area contributed by atoms with Gasteiger partial charge in [-0.25, -0.2) is 4.98 Å². The molecule has 1 heterocycles. The molecule has 0 aliphatic heterocycles. The van der Waals surface area contributed by atoms with Gasteiger partial charge in [-0.05, 0) is 64.8 Å². The van der Waals surface area contributed by atoms with E-state index in [-0.39, 0.29) is 5.91 Å². The highest BCUT2D eigenvalue weighted by molar-refractivity contribution is 5.90. The number of unbranched alkanes of at least 4 members (excludes halogenated alkanes) is 1. The second-order valence-corrected chi connectivity index (χ2v) is 8.69. The van der Waals surface area contributed by atoms with Crippen LogP contribution in [0, 0.1) is 23.2 Å². The topological polar surface area (TPSA) is 65.8 Å². The molecule has 0 aromatic carbocycles. The molecule has 4 heteroatoms. The van der Waals surface area contributed by atoms with Crippen molar-refractivity contribution in [2.24, 2.45) is 17.8 Å². The highest BCUT2D eigenvalue weighted by Gasteiger charge is 2.12. The van der Waals surface area contributed by atoms with Gasteiger partial charge in [0.05, 0.1) is 0 Å². The standard InChI is InChI=1S/C27H41N3O/c1-8-11-12-22(9-2)15-27(31)30-26-16-24(23(10-3)18-29-26)14-21(7)25(17-28)13-20(6)19(4)5/h10,13-14,16-20,22,28H,7-9,11-12,15H2,1-6H3,(H,30,31)/b23-10-,24-14-,25-13+,28-17?. The third kappa shape index (κ3) is 9.04. The Balaban J connectivity index is 3.13. The Hall–Kier alpha value is -2.49. The normalized spacial score (nSPS) is 15.1. The Kier molecular flexibility index (Phi) is 11.8. The number of aromatic nitrogens is 1. The number of nitrogens with zero attached hydrogens (tertiary/aromatic N) is 1. The van der Waals surface area contributed by atoms with E-state index in [0.29, 0.717) is 30.0 Å². The predicted molar refractivity (Wildman–Crippen MR) is 135 cm³/mol. The van der Waals surface area contributed by atoms with E-state index in [9.17, 15) is 4.79 Å². The summed E-state index contributed by atoms with van der Waals surface area (Å²) in [4.78, 5) is 17.0. The molecule has 2 unspecified atom stereocenters. The summed E-state index contributed by atoms with van der Waals surface area (Å²) in [5.41, 5.74) is 1.59. The molecule has 31 heavy (non-hydrogen) atoms. The third-order valence-electron chi connectivity index (χ3n) is 5.91. The van der Waals surface area contributed by atoms with E-state index in [1.165, 1.54) is 6.21 Å². The lowest BCUT2D eigenvalue weighted by Crippen LogP contribution is -2.27. The van der Waals surface area contributed by atoms with Crippen LogP contribution in [-0.2, 0) is 4.79 Å². The maximum absolute atomic E-state index is 12.5. The van der Waals surface area contributed by atoms with Crippen molar-refractivity contribution in [1.29, 1.82) is 5.41 Å². The van der Waals surface area contributed by atoms with Crippen LogP contribution in [0.2, 0.25) is 0 Å². The first-order valence-electron chi connectivity index (χ1n) is 11.6. The smallest absolute Gasteiger partial charge is 0.225 e. The van der Waals surface area contributed by atoms with E-state index in [1.54, 1.807) is 6.20 Å². The number of hydrogen-bond donors (Lipinski definition) is 2. The SMILES string of the molecule is C=C(/C=c1/cc(NC(=O)CC(CC)CCCC)nc/c1=C/C)/C(C=N)=C/C(C)C(C)C. The van der Waals surface area contributed by atoms with Gasteiger partial charge >= 0.3 is 0 Å². The van der Waals surface area contributed by atoms with Crippen molar-refractivity contribution in [3.8, 4) is 0 Å². The molecule has 0 aliphatic carbocycles. The highest BCUT2D eigenvalue weighted by atomic mass is 16.1. The maximum atomic E-state index is 12.5. The average molecular weight is 424 g/mol. The molecule has 0 radical (unpaired) electrons. The van der Waals surface area contributed by atoms with Crippen molar-refractivity contribution in [1.82, 2.24) is 4.98 Å². The number of hydrogen-bond acceptors (Lipinski definition) is 3. The van der Waals surface area contributed by atoms with Gasteiger partial charge in [0.2, 0.25) is 5.91 Å². The van der Waals surface area contributed by atoms with Crippen molar-refractivity contribution in [2.45, 2.75) is 73.6 Å². The van der Waals surface area contributed by atoms with Crippen LogP contribution in [0.25, 0.3) is 12.2 Å². The Bertz CT molecular complexity index is 896. The van der Waals surface area contributed by atoms with E-state index in [2.05, 4.69) is 57.6 Å². The number of carbonyl (C=O) groups is 1. The number of amides is 1. The molecule has 2 N–H and O–H groups in total. The van der Waals surface area contributed by atoms with Crippen LogP contribution in [-0.4, -0.2) is 17.1 Å². The predicted octanol–water partition coefficient (Wildman–Crippen LogP) is 5.63. The van der Waals surface area contributed by atoms with E-state index in [1.807, 2.05) is 25.1 Å². The summed E-state index contributed by atoms with van der Waals surface area (Å²) in [7, 11) is 0. The first-order valence-corrected chi connectivity index (χ1v) is 11.6. The van der Waals surface area contributed by atoms with Gasteiger partial charge in [-0.2, -0.15) is 0 Å². The van der Waals surface area contributed by atoms with Gasteiger partial charge in [-0.15, -0.1) is 0 Å². The molecule has 1 amide bonds. The Morgan fingerprint density at radius 3 is 2.52 bits per heavy atom. The Labute approximate surface area is 188 Å². The molecule has 0 aliphatic rings. The monoisotopic (exact) mass is 423 g/mol. The number of anilines is 1. The molecular weight excluding hydrogens is 382 g/mol. The van der Waals surface area contributed by atoms with Gasteiger partial charge in [0.1, 0.15) is 5.82 Å². The van der Waals surface area contributed by atoms with E-state index in [0.717, 1.165) is 47.3 Å². The van der Waals surface area contributed by atoms with Crippen LogP contribution in [0.3, 0.4) is 0 Å². The van der Waals surface area contributed by atoms with E-state index < -0.39 is 0 Å². The quantitative estimate of drug-likeness (QED) is 0.338. The second-order valence-electron chi connectivity index (χ2n) is 8.69. The minimum Gasteiger partial charge on any atom is -0.311 e. The molecule has 0 fully saturated rings. The largest absolute Gasteiger partial charge is 0.311 e. The molecule has 1 aromatic rings. The van der Waals surface area contributed by atoms with Crippen molar-refractivity contribution >= 4 is 30.1 Å². The summed E-state index contributed by atoms with van der Waals surface area (Å²) >= 11 is 0. The van der Waals surface area contributed by atoms with Gasteiger partial charge in [0, 0.05) is 18.8 Å². The summed E-state index contributed by atoms with van der Waals surface area (Å²) in [5.74, 6) is 1.83. The minimum atomic E-state index is 0.0132. The van der Waals surface area contributed by atoms with E-state index >= 15 is 0 Å². The average Bonchev–Trinajstić information content (AvgIpc) is 2.74. The van der Waals surface area contributed by atoms with E-state index in [4.69, 9.17) is 5.41 Å². The lowest BCUT2D eigenvalue weighted by molar-refractivity contribution is -0.117. The van der Waals surface area contributed by atoms with Gasteiger partial charge in [-0.3, -0.25) is 4.79 Å². The minimum absolute atomic E-state index is 0.0132.